The first-order valence-corrected chi connectivity index (χ1v) is 10.1. The molecule has 1 unspecified atom stereocenters. The van der Waals surface area contributed by atoms with Gasteiger partial charge in [-0.05, 0) is 66.7 Å². The second kappa shape index (κ2) is 6.47. The molecule has 26 heavy (non-hydrogen) atoms. The quantitative estimate of drug-likeness (QED) is 0.821. The Bertz CT molecular complexity index is 757. The van der Waals surface area contributed by atoms with Gasteiger partial charge in [-0.3, -0.25) is 4.98 Å². The topological polar surface area (TPSA) is 31.4 Å². The molecular formula is C23H27NO2. The van der Waals surface area contributed by atoms with Crippen molar-refractivity contribution < 1.29 is 9.47 Å². The summed E-state index contributed by atoms with van der Waals surface area (Å²) in [6.07, 6.45) is 9.81. The summed E-state index contributed by atoms with van der Waals surface area (Å²) in [5.74, 6) is 0.412. The van der Waals surface area contributed by atoms with Crippen LogP contribution < -0.4 is 0 Å². The van der Waals surface area contributed by atoms with Gasteiger partial charge < -0.3 is 9.47 Å². The average molecular weight is 349 g/mol. The highest BCUT2D eigenvalue weighted by molar-refractivity contribution is 5.41. The number of hydrogen-bond donors (Lipinski definition) is 0. The van der Waals surface area contributed by atoms with Crippen molar-refractivity contribution in [1.82, 2.24) is 4.98 Å². The Morgan fingerprint density at radius 2 is 1.69 bits per heavy atom. The molecule has 2 fully saturated rings. The van der Waals surface area contributed by atoms with Crippen molar-refractivity contribution >= 4 is 0 Å². The van der Waals surface area contributed by atoms with Crippen molar-refractivity contribution in [3.8, 4) is 0 Å². The Hall–Kier alpha value is -1.71. The Balaban J connectivity index is 1.40. The number of hydrogen-bond acceptors (Lipinski definition) is 3. The highest BCUT2D eigenvalue weighted by Crippen LogP contribution is 2.56. The van der Waals surface area contributed by atoms with E-state index in [4.69, 9.17) is 9.47 Å². The molecule has 1 saturated heterocycles. The van der Waals surface area contributed by atoms with E-state index in [2.05, 4.69) is 41.4 Å². The monoisotopic (exact) mass is 349 g/mol. The van der Waals surface area contributed by atoms with Gasteiger partial charge in [0.25, 0.3) is 0 Å². The van der Waals surface area contributed by atoms with Crippen LogP contribution in [0.2, 0.25) is 0 Å². The smallest absolute Gasteiger partial charge is 0.168 e. The lowest BCUT2D eigenvalue weighted by atomic mass is 9.63. The first-order chi connectivity index (χ1) is 12.8. The van der Waals surface area contributed by atoms with E-state index < -0.39 is 0 Å². The predicted molar refractivity (Wildman–Crippen MR) is 101 cm³/mol. The Morgan fingerprint density at radius 1 is 0.923 bits per heavy atom. The largest absolute Gasteiger partial charge is 0.348 e. The number of aromatic nitrogens is 1. The van der Waals surface area contributed by atoms with Gasteiger partial charge in [-0.2, -0.15) is 0 Å². The molecule has 1 atom stereocenters. The second-order valence-electron chi connectivity index (χ2n) is 8.18. The van der Waals surface area contributed by atoms with Crippen LogP contribution in [0.4, 0.5) is 0 Å². The van der Waals surface area contributed by atoms with Gasteiger partial charge in [-0.25, -0.2) is 0 Å². The van der Waals surface area contributed by atoms with E-state index in [1.165, 1.54) is 31.4 Å². The summed E-state index contributed by atoms with van der Waals surface area (Å²) in [4.78, 5) is 4.54. The molecule has 1 saturated carbocycles. The molecule has 2 aliphatic carbocycles. The van der Waals surface area contributed by atoms with Gasteiger partial charge in [0.05, 0.1) is 13.2 Å². The average Bonchev–Trinajstić information content (AvgIpc) is 3.27. The third-order valence-electron chi connectivity index (χ3n) is 6.99. The molecule has 2 heterocycles. The van der Waals surface area contributed by atoms with Crippen molar-refractivity contribution in [1.29, 1.82) is 0 Å². The molecule has 3 aliphatic rings. The first-order valence-electron chi connectivity index (χ1n) is 10.1. The fraction of sp³-hybridized carbons (Fsp3) is 0.522. The molecule has 2 aromatic rings. The zero-order chi connectivity index (χ0) is 17.5. The van der Waals surface area contributed by atoms with Crippen LogP contribution in [0, 0.1) is 5.92 Å². The van der Waals surface area contributed by atoms with E-state index in [0.717, 1.165) is 32.5 Å². The normalized spacial score (nSPS) is 25.6. The summed E-state index contributed by atoms with van der Waals surface area (Å²) < 4.78 is 12.0. The number of nitrogens with zero attached hydrogens (tertiary/aromatic N) is 1. The van der Waals surface area contributed by atoms with E-state index >= 15 is 0 Å². The number of aryl methyl sites for hydroxylation is 1. The highest BCUT2D eigenvalue weighted by Gasteiger charge is 2.52. The summed E-state index contributed by atoms with van der Waals surface area (Å²) >= 11 is 0. The third kappa shape index (κ3) is 2.69. The minimum Gasteiger partial charge on any atom is -0.348 e. The molecular weight excluding hydrogens is 322 g/mol. The van der Waals surface area contributed by atoms with E-state index in [0.29, 0.717) is 11.3 Å². The van der Waals surface area contributed by atoms with Crippen molar-refractivity contribution in [3.63, 3.8) is 0 Å². The number of rotatable bonds is 3. The maximum Gasteiger partial charge on any atom is 0.168 e. The van der Waals surface area contributed by atoms with E-state index in [1.54, 1.807) is 11.1 Å². The third-order valence-corrected chi connectivity index (χ3v) is 6.99. The fourth-order valence-corrected chi connectivity index (χ4v) is 5.65. The van der Waals surface area contributed by atoms with Crippen molar-refractivity contribution in [2.75, 3.05) is 13.2 Å². The molecule has 0 radical (unpaired) electrons. The number of pyridine rings is 1. The van der Waals surface area contributed by atoms with Crippen molar-refractivity contribution in [2.45, 2.75) is 56.1 Å². The number of benzene rings is 1. The van der Waals surface area contributed by atoms with Gasteiger partial charge in [0, 0.05) is 24.7 Å². The Morgan fingerprint density at radius 3 is 2.46 bits per heavy atom. The van der Waals surface area contributed by atoms with Crippen LogP contribution in [0.5, 0.6) is 0 Å². The fourth-order valence-electron chi connectivity index (χ4n) is 5.65. The summed E-state index contributed by atoms with van der Waals surface area (Å²) in [6, 6.07) is 15.4. The molecule has 1 aromatic carbocycles. The first kappa shape index (κ1) is 16.5. The van der Waals surface area contributed by atoms with Gasteiger partial charge in [0.1, 0.15) is 0 Å². The van der Waals surface area contributed by atoms with E-state index in [9.17, 15) is 0 Å². The van der Waals surface area contributed by atoms with Crippen LogP contribution in [0.1, 0.15) is 48.9 Å². The van der Waals surface area contributed by atoms with Crippen LogP contribution in [0.25, 0.3) is 0 Å². The Labute approximate surface area is 155 Å². The molecule has 2 spiro atoms. The highest BCUT2D eigenvalue weighted by atomic mass is 16.7. The van der Waals surface area contributed by atoms with Gasteiger partial charge in [-0.15, -0.1) is 0 Å². The minimum absolute atomic E-state index is 0.283. The van der Waals surface area contributed by atoms with Crippen LogP contribution >= 0.6 is 0 Å². The van der Waals surface area contributed by atoms with Gasteiger partial charge in [-0.1, -0.05) is 30.3 Å². The zero-order valence-electron chi connectivity index (χ0n) is 15.3. The predicted octanol–water partition coefficient (Wildman–Crippen LogP) is 4.44. The molecule has 3 nitrogen and oxygen atoms in total. The van der Waals surface area contributed by atoms with Gasteiger partial charge in [0.2, 0.25) is 0 Å². The Kier molecular flexibility index (Phi) is 4.10. The SMILES string of the molecule is c1ccc(CCC2Cc3ccccc3C23CCC2(CC3)OCCO2)nc1. The summed E-state index contributed by atoms with van der Waals surface area (Å²) in [6.45, 7) is 1.51. The standard InChI is InChI=1S/C23H27NO2/c1-2-7-21-18(5-1)17-19(8-9-20-6-3-4-14-24-20)22(21)10-12-23(13-11-22)25-15-16-26-23/h1-7,14,19H,8-13,15-17H2. The van der Waals surface area contributed by atoms with Crippen molar-refractivity contribution in [3.05, 3.63) is 65.5 Å². The lowest BCUT2D eigenvalue weighted by Gasteiger charge is -2.45. The van der Waals surface area contributed by atoms with Crippen LogP contribution in [0.3, 0.4) is 0 Å². The van der Waals surface area contributed by atoms with Crippen LogP contribution in [-0.4, -0.2) is 24.0 Å². The molecule has 1 aromatic heterocycles. The van der Waals surface area contributed by atoms with Crippen molar-refractivity contribution in [2.24, 2.45) is 5.92 Å². The molecule has 0 bridgehead atoms. The molecule has 136 valence electrons. The number of fused-ring (bicyclic) bond motifs is 2. The van der Waals surface area contributed by atoms with Crippen LogP contribution in [0.15, 0.2) is 48.7 Å². The lowest BCUT2D eigenvalue weighted by Crippen LogP contribution is -2.44. The second-order valence-corrected chi connectivity index (χ2v) is 8.18. The zero-order valence-corrected chi connectivity index (χ0v) is 15.3. The van der Waals surface area contributed by atoms with E-state index in [-0.39, 0.29) is 5.79 Å². The maximum absolute atomic E-state index is 6.00. The summed E-state index contributed by atoms with van der Waals surface area (Å²) in [7, 11) is 0. The molecule has 1 aliphatic heterocycles. The summed E-state index contributed by atoms with van der Waals surface area (Å²) in [5.41, 5.74) is 4.67. The van der Waals surface area contributed by atoms with Crippen LogP contribution in [-0.2, 0) is 27.7 Å². The maximum atomic E-state index is 6.00. The lowest BCUT2D eigenvalue weighted by molar-refractivity contribution is -0.187. The van der Waals surface area contributed by atoms with Gasteiger partial charge >= 0.3 is 0 Å². The molecule has 3 heteroatoms. The van der Waals surface area contributed by atoms with E-state index in [1.807, 2.05) is 12.3 Å². The molecule has 0 N–H and O–H groups in total. The van der Waals surface area contributed by atoms with Gasteiger partial charge in [0.15, 0.2) is 5.79 Å². The minimum atomic E-state index is -0.283. The number of ether oxygens (including phenoxy) is 2. The molecule has 5 rings (SSSR count). The summed E-state index contributed by atoms with van der Waals surface area (Å²) in [5, 5.41) is 0. The molecule has 0 amide bonds.